The van der Waals surface area contributed by atoms with Crippen LogP contribution in [0.1, 0.15) is 5.56 Å². The van der Waals surface area contributed by atoms with E-state index in [1.54, 1.807) is 18.5 Å². The summed E-state index contributed by atoms with van der Waals surface area (Å²) in [6, 6.07) is 1.70. The normalized spacial score (nSPS) is 17.6. The molecule has 0 spiro atoms. The monoisotopic (exact) mass is 299 g/mol. The van der Waals surface area contributed by atoms with Crippen molar-refractivity contribution in [2.75, 3.05) is 31.1 Å². The number of fused-ring (bicyclic) bond motifs is 1. The van der Waals surface area contributed by atoms with Gasteiger partial charge in [0.05, 0.1) is 0 Å². The number of anilines is 1. The van der Waals surface area contributed by atoms with Gasteiger partial charge in [0, 0.05) is 50.6 Å². The number of aromatic nitrogens is 3. The first-order valence-corrected chi connectivity index (χ1v) is 6.87. The maximum Gasteiger partial charge on any atom is 0.269 e. The van der Waals surface area contributed by atoms with Crippen molar-refractivity contribution in [2.45, 2.75) is 19.0 Å². The van der Waals surface area contributed by atoms with Gasteiger partial charge < -0.3 is 10.2 Å². The summed E-state index contributed by atoms with van der Waals surface area (Å²) in [6.45, 7) is 2.99. The van der Waals surface area contributed by atoms with Crippen molar-refractivity contribution in [3.05, 3.63) is 24.0 Å². The van der Waals surface area contributed by atoms with Crippen molar-refractivity contribution in [1.82, 2.24) is 19.9 Å². The Morgan fingerprint density at radius 2 is 2.00 bits per heavy atom. The molecule has 0 bridgehead atoms. The molecule has 3 heterocycles. The fourth-order valence-electron chi connectivity index (χ4n) is 2.52. The van der Waals surface area contributed by atoms with Gasteiger partial charge in [0.2, 0.25) is 0 Å². The van der Waals surface area contributed by atoms with E-state index in [1.807, 2.05) is 4.90 Å². The number of rotatable bonds is 4. The number of hydrogen-bond acceptors (Lipinski definition) is 4. The molecular formula is C13H16F3N5. The largest absolute Gasteiger partial charge is 0.352 e. The van der Waals surface area contributed by atoms with Gasteiger partial charge in [0.15, 0.2) is 17.6 Å². The zero-order chi connectivity index (χ0) is 14.8. The highest BCUT2D eigenvalue weighted by Gasteiger charge is 2.27. The van der Waals surface area contributed by atoms with Crippen LogP contribution in [0.3, 0.4) is 0 Å². The predicted molar refractivity (Wildman–Crippen MR) is 72.7 cm³/mol. The molecule has 0 aromatic carbocycles. The minimum Gasteiger partial charge on any atom is -0.352 e. The first-order chi connectivity index (χ1) is 10.2. The van der Waals surface area contributed by atoms with Crippen LogP contribution in [0.4, 0.5) is 19.0 Å². The molecule has 2 aromatic rings. The Balaban J connectivity index is 2.00. The predicted octanol–water partition coefficient (Wildman–Crippen LogP) is 1.28. The van der Waals surface area contributed by atoms with Crippen LogP contribution >= 0.6 is 0 Å². The second-order valence-corrected chi connectivity index (χ2v) is 4.98. The van der Waals surface area contributed by atoms with Gasteiger partial charge in [-0.15, -0.1) is 5.10 Å². The molecule has 1 unspecified atom stereocenters. The Morgan fingerprint density at radius 1 is 1.24 bits per heavy atom. The first kappa shape index (κ1) is 14.1. The molecule has 3 rings (SSSR count). The first-order valence-electron chi connectivity index (χ1n) is 6.87. The van der Waals surface area contributed by atoms with Crippen LogP contribution < -0.4 is 10.2 Å². The van der Waals surface area contributed by atoms with Gasteiger partial charge in [-0.2, -0.15) is 0 Å². The molecule has 5 nitrogen and oxygen atoms in total. The van der Waals surface area contributed by atoms with E-state index in [-0.39, 0.29) is 6.42 Å². The lowest BCUT2D eigenvalue weighted by molar-refractivity contribution is 0.0505. The molecule has 1 N–H and O–H groups in total. The Bertz CT molecular complexity index is 609. The van der Waals surface area contributed by atoms with Crippen LogP contribution in [-0.4, -0.2) is 53.4 Å². The van der Waals surface area contributed by atoms with Crippen LogP contribution in [0.5, 0.6) is 0 Å². The number of nitrogens with zero attached hydrogens (tertiary/aromatic N) is 4. The van der Waals surface area contributed by atoms with E-state index < -0.39 is 12.6 Å². The Hall–Kier alpha value is -1.83. The summed E-state index contributed by atoms with van der Waals surface area (Å²) >= 11 is 0. The van der Waals surface area contributed by atoms with Gasteiger partial charge in [-0.05, 0) is 6.07 Å². The van der Waals surface area contributed by atoms with Crippen LogP contribution in [0.15, 0.2) is 18.5 Å². The van der Waals surface area contributed by atoms with E-state index in [0.717, 1.165) is 13.1 Å². The highest BCUT2D eigenvalue weighted by atomic mass is 19.3. The zero-order valence-electron chi connectivity index (χ0n) is 11.3. The van der Waals surface area contributed by atoms with Crippen molar-refractivity contribution >= 4 is 11.5 Å². The highest BCUT2D eigenvalue weighted by Crippen LogP contribution is 2.26. The van der Waals surface area contributed by atoms with Gasteiger partial charge in [-0.25, -0.2) is 22.7 Å². The third-order valence-corrected chi connectivity index (χ3v) is 3.56. The smallest absolute Gasteiger partial charge is 0.269 e. The Morgan fingerprint density at radius 3 is 2.71 bits per heavy atom. The molecule has 0 radical (unpaired) electrons. The average molecular weight is 299 g/mol. The summed E-state index contributed by atoms with van der Waals surface area (Å²) in [7, 11) is 0. The topological polar surface area (TPSA) is 45.5 Å². The van der Waals surface area contributed by atoms with Crippen molar-refractivity contribution in [3.8, 4) is 0 Å². The molecule has 2 aromatic heterocycles. The molecule has 8 heteroatoms. The summed E-state index contributed by atoms with van der Waals surface area (Å²) in [5, 5.41) is 7.60. The Kier molecular flexibility index (Phi) is 3.96. The van der Waals surface area contributed by atoms with Crippen LogP contribution in [-0.2, 0) is 6.42 Å². The van der Waals surface area contributed by atoms with Crippen molar-refractivity contribution in [2.24, 2.45) is 0 Å². The molecule has 1 aliphatic rings. The maximum atomic E-state index is 13.5. The Labute approximate surface area is 119 Å². The summed E-state index contributed by atoms with van der Waals surface area (Å²) in [5.41, 5.74) is 0.889. The molecule has 0 aliphatic carbocycles. The maximum absolute atomic E-state index is 13.5. The third kappa shape index (κ3) is 2.80. The number of halogens is 3. The number of hydrogen-bond donors (Lipinski definition) is 1. The molecule has 1 saturated heterocycles. The van der Waals surface area contributed by atoms with Crippen LogP contribution in [0.25, 0.3) is 5.65 Å². The number of piperazine rings is 1. The highest BCUT2D eigenvalue weighted by molar-refractivity contribution is 5.62. The van der Waals surface area contributed by atoms with Gasteiger partial charge in [0.1, 0.15) is 0 Å². The summed E-state index contributed by atoms with van der Waals surface area (Å²) < 4.78 is 40.1. The van der Waals surface area contributed by atoms with Crippen molar-refractivity contribution in [3.63, 3.8) is 0 Å². The number of alkyl halides is 3. The molecule has 114 valence electrons. The molecule has 0 saturated carbocycles. The average Bonchev–Trinajstić information content (AvgIpc) is 2.87. The minimum atomic E-state index is -3.00. The molecule has 1 aliphatic heterocycles. The zero-order valence-corrected chi connectivity index (χ0v) is 11.3. The molecule has 1 atom stereocenters. The van der Waals surface area contributed by atoms with E-state index in [9.17, 15) is 13.2 Å². The standard InChI is InChI=1S/C13H16F3N5/c14-10(11(15)16)8-9-12-18-2-1-5-21(12)19-13(9)20-6-3-17-4-7-20/h1-2,5,10-11,17H,3-4,6-8H2. The van der Waals surface area contributed by atoms with E-state index in [1.165, 1.54) is 4.52 Å². The van der Waals surface area contributed by atoms with E-state index >= 15 is 0 Å². The quantitative estimate of drug-likeness (QED) is 0.924. The summed E-state index contributed by atoms with van der Waals surface area (Å²) in [6.07, 6.45) is -2.34. The molecule has 0 amide bonds. The van der Waals surface area contributed by atoms with Gasteiger partial charge >= 0.3 is 0 Å². The lowest BCUT2D eigenvalue weighted by atomic mass is 10.1. The van der Waals surface area contributed by atoms with Crippen LogP contribution in [0, 0.1) is 0 Å². The summed E-state index contributed by atoms with van der Waals surface area (Å²) in [5.74, 6) is 0.554. The molecular weight excluding hydrogens is 283 g/mol. The SMILES string of the molecule is FC(F)C(F)Cc1c(N2CCNCC2)nn2cccnc12. The molecule has 1 fully saturated rings. The van der Waals surface area contributed by atoms with Crippen molar-refractivity contribution in [1.29, 1.82) is 0 Å². The van der Waals surface area contributed by atoms with Crippen molar-refractivity contribution < 1.29 is 13.2 Å². The third-order valence-electron chi connectivity index (χ3n) is 3.56. The second kappa shape index (κ2) is 5.88. The second-order valence-electron chi connectivity index (χ2n) is 4.98. The van der Waals surface area contributed by atoms with Gasteiger partial charge in [0.25, 0.3) is 6.43 Å². The molecule has 21 heavy (non-hydrogen) atoms. The fraction of sp³-hybridized carbons (Fsp3) is 0.538. The van der Waals surface area contributed by atoms with Gasteiger partial charge in [-0.3, -0.25) is 0 Å². The lowest BCUT2D eigenvalue weighted by Crippen LogP contribution is -2.44. The summed E-state index contributed by atoms with van der Waals surface area (Å²) in [4.78, 5) is 6.14. The van der Waals surface area contributed by atoms with E-state index in [4.69, 9.17) is 0 Å². The number of nitrogens with one attached hydrogen (secondary N) is 1. The van der Waals surface area contributed by atoms with E-state index in [0.29, 0.717) is 30.1 Å². The minimum absolute atomic E-state index is 0.378. The van der Waals surface area contributed by atoms with Gasteiger partial charge in [-0.1, -0.05) is 0 Å². The lowest BCUT2D eigenvalue weighted by Gasteiger charge is -2.28. The fourth-order valence-corrected chi connectivity index (χ4v) is 2.52. The van der Waals surface area contributed by atoms with E-state index in [2.05, 4.69) is 15.4 Å². The van der Waals surface area contributed by atoms with Crippen LogP contribution in [0.2, 0.25) is 0 Å².